The van der Waals surface area contributed by atoms with Gasteiger partial charge < -0.3 is 10.6 Å². The van der Waals surface area contributed by atoms with Gasteiger partial charge in [0.05, 0.1) is 12.5 Å². The maximum atomic E-state index is 11.6. The zero-order valence-electron chi connectivity index (χ0n) is 9.57. The standard InChI is InChI=1S/C13H15N3O/c14-9-8-10-4-6-12(7-5-10)16-13(17)15-11-2-1-3-11/h4-7,11H,1-3,8H2,(H2,15,16,17). The summed E-state index contributed by atoms with van der Waals surface area (Å²) in [6.45, 7) is 0. The lowest BCUT2D eigenvalue weighted by atomic mass is 9.93. The number of hydrogen-bond donors (Lipinski definition) is 2. The molecule has 2 rings (SSSR count). The van der Waals surface area contributed by atoms with Crippen LogP contribution < -0.4 is 10.6 Å². The molecule has 1 fully saturated rings. The van der Waals surface area contributed by atoms with Gasteiger partial charge in [-0.05, 0) is 37.0 Å². The average Bonchev–Trinajstić information content (AvgIpc) is 2.27. The number of amides is 2. The molecule has 0 aromatic heterocycles. The number of carbonyl (C=O) groups is 1. The van der Waals surface area contributed by atoms with E-state index in [9.17, 15) is 4.79 Å². The first-order valence-corrected chi connectivity index (χ1v) is 5.81. The molecule has 4 heteroatoms. The molecule has 17 heavy (non-hydrogen) atoms. The number of rotatable bonds is 3. The molecule has 0 atom stereocenters. The van der Waals surface area contributed by atoms with Gasteiger partial charge in [-0.2, -0.15) is 5.26 Å². The normalized spacial score (nSPS) is 14.5. The third kappa shape index (κ3) is 3.22. The van der Waals surface area contributed by atoms with Gasteiger partial charge in [-0.25, -0.2) is 4.79 Å². The van der Waals surface area contributed by atoms with Crippen LogP contribution in [0.2, 0.25) is 0 Å². The van der Waals surface area contributed by atoms with E-state index in [1.54, 1.807) is 0 Å². The summed E-state index contributed by atoms with van der Waals surface area (Å²) >= 11 is 0. The second-order valence-electron chi connectivity index (χ2n) is 4.26. The van der Waals surface area contributed by atoms with E-state index in [-0.39, 0.29) is 6.03 Å². The van der Waals surface area contributed by atoms with Gasteiger partial charge in [-0.1, -0.05) is 12.1 Å². The zero-order valence-corrected chi connectivity index (χ0v) is 9.57. The molecule has 1 saturated carbocycles. The summed E-state index contributed by atoms with van der Waals surface area (Å²) in [5.41, 5.74) is 1.71. The van der Waals surface area contributed by atoms with Crippen molar-refractivity contribution in [2.75, 3.05) is 5.32 Å². The van der Waals surface area contributed by atoms with E-state index in [0.717, 1.165) is 24.1 Å². The van der Waals surface area contributed by atoms with E-state index in [1.165, 1.54) is 6.42 Å². The highest BCUT2D eigenvalue weighted by Crippen LogP contribution is 2.18. The van der Waals surface area contributed by atoms with Crippen molar-refractivity contribution in [3.8, 4) is 6.07 Å². The fourth-order valence-electron chi connectivity index (χ4n) is 1.70. The summed E-state index contributed by atoms with van der Waals surface area (Å²) in [7, 11) is 0. The Balaban J connectivity index is 1.85. The molecule has 0 spiro atoms. The highest BCUT2D eigenvalue weighted by atomic mass is 16.2. The number of carbonyl (C=O) groups excluding carboxylic acids is 1. The average molecular weight is 229 g/mol. The number of hydrogen-bond acceptors (Lipinski definition) is 2. The molecule has 1 aromatic carbocycles. The van der Waals surface area contributed by atoms with Crippen molar-refractivity contribution in [2.45, 2.75) is 31.7 Å². The van der Waals surface area contributed by atoms with Crippen LogP contribution in [0.15, 0.2) is 24.3 Å². The van der Waals surface area contributed by atoms with Gasteiger partial charge in [-0.15, -0.1) is 0 Å². The Kier molecular flexibility index (Phi) is 3.61. The fourth-order valence-corrected chi connectivity index (χ4v) is 1.70. The predicted molar refractivity (Wildman–Crippen MR) is 65.6 cm³/mol. The van der Waals surface area contributed by atoms with Crippen LogP contribution in [0.5, 0.6) is 0 Å². The largest absolute Gasteiger partial charge is 0.335 e. The summed E-state index contributed by atoms with van der Waals surface area (Å²) in [5.74, 6) is 0. The van der Waals surface area contributed by atoms with Crippen LogP contribution in [0.1, 0.15) is 24.8 Å². The lowest BCUT2D eigenvalue weighted by Gasteiger charge is -2.26. The lowest BCUT2D eigenvalue weighted by molar-refractivity contribution is 0.240. The van der Waals surface area contributed by atoms with Crippen molar-refractivity contribution in [2.24, 2.45) is 0 Å². The van der Waals surface area contributed by atoms with Crippen molar-refractivity contribution in [1.82, 2.24) is 5.32 Å². The van der Waals surface area contributed by atoms with Gasteiger partial charge in [0, 0.05) is 11.7 Å². The summed E-state index contributed by atoms with van der Waals surface area (Å²) in [5, 5.41) is 14.2. The van der Waals surface area contributed by atoms with Crippen molar-refractivity contribution in [3.05, 3.63) is 29.8 Å². The smallest absolute Gasteiger partial charge is 0.319 e. The monoisotopic (exact) mass is 229 g/mol. The molecule has 1 aliphatic carbocycles. The van der Waals surface area contributed by atoms with Crippen LogP contribution in [0.3, 0.4) is 0 Å². The lowest BCUT2D eigenvalue weighted by Crippen LogP contribution is -2.41. The van der Waals surface area contributed by atoms with E-state index < -0.39 is 0 Å². The van der Waals surface area contributed by atoms with E-state index in [0.29, 0.717) is 12.5 Å². The molecule has 4 nitrogen and oxygen atoms in total. The van der Waals surface area contributed by atoms with Crippen molar-refractivity contribution in [1.29, 1.82) is 5.26 Å². The third-order valence-electron chi connectivity index (χ3n) is 2.94. The fraction of sp³-hybridized carbons (Fsp3) is 0.385. The molecule has 0 unspecified atom stereocenters. The van der Waals surface area contributed by atoms with Crippen LogP contribution in [-0.2, 0) is 6.42 Å². The van der Waals surface area contributed by atoms with Crippen LogP contribution in [0.25, 0.3) is 0 Å². The quantitative estimate of drug-likeness (QED) is 0.836. The third-order valence-corrected chi connectivity index (χ3v) is 2.94. The highest BCUT2D eigenvalue weighted by Gasteiger charge is 2.19. The van der Waals surface area contributed by atoms with Gasteiger partial charge in [0.1, 0.15) is 0 Å². The zero-order chi connectivity index (χ0) is 12.1. The SMILES string of the molecule is N#CCc1ccc(NC(=O)NC2CCC2)cc1. The Morgan fingerprint density at radius 1 is 1.35 bits per heavy atom. The molecule has 0 aliphatic heterocycles. The molecule has 88 valence electrons. The molecule has 0 radical (unpaired) electrons. The molecule has 1 aromatic rings. The number of urea groups is 1. The predicted octanol–water partition coefficient (Wildman–Crippen LogP) is 2.43. The van der Waals surface area contributed by atoms with E-state index >= 15 is 0 Å². The van der Waals surface area contributed by atoms with E-state index in [1.807, 2.05) is 24.3 Å². The maximum Gasteiger partial charge on any atom is 0.319 e. The van der Waals surface area contributed by atoms with Crippen molar-refractivity contribution in [3.63, 3.8) is 0 Å². The summed E-state index contributed by atoms with van der Waals surface area (Å²) in [4.78, 5) is 11.6. The summed E-state index contributed by atoms with van der Waals surface area (Å²) in [6, 6.07) is 9.60. The Hall–Kier alpha value is -2.02. The second-order valence-corrected chi connectivity index (χ2v) is 4.26. The number of nitrogens with one attached hydrogen (secondary N) is 2. The van der Waals surface area contributed by atoms with Gasteiger partial charge in [0.25, 0.3) is 0 Å². The first kappa shape index (κ1) is 11.5. The second kappa shape index (κ2) is 5.35. The molecule has 0 heterocycles. The maximum absolute atomic E-state index is 11.6. The first-order valence-electron chi connectivity index (χ1n) is 5.81. The minimum Gasteiger partial charge on any atom is -0.335 e. The van der Waals surface area contributed by atoms with Gasteiger partial charge in [-0.3, -0.25) is 0 Å². The molecule has 0 saturated heterocycles. The molecule has 1 aliphatic rings. The van der Waals surface area contributed by atoms with Crippen molar-refractivity contribution >= 4 is 11.7 Å². The highest BCUT2D eigenvalue weighted by molar-refractivity contribution is 5.89. The van der Waals surface area contributed by atoms with E-state index in [2.05, 4.69) is 16.7 Å². The topological polar surface area (TPSA) is 64.9 Å². The Morgan fingerprint density at radius 2 is 2.06 bits per heavy atom. The summed E-state index contributed by atoms with van der Waals surface area (Å²) < 4.78 is 0. The van der Waals surface area contributed by atoms with Crippen LogP contribution >= 0.6 is 0 Å². The number of anilines is 1. The minimum absolute atomic E-state index is 0.150. The molecule has 0 bridgehead atoms. The number of nitriles is 1. The molecular weight excluding hydrogens is 214 g/mol. The first-order chi connectivity index (χ1) is 8.28. The van der Waals surface area contributed by atoms with Gasteiger partial charge >= 0.3 is 6.03 Å². The molecule has 2 N–H and O–H groups in total. The van der Waals surface area contributed by atoms with Gasteiger partial charge in [0.15, 0.2) is 0 Å². The van der Waals surface area contributed by atoms with Crippen LogP contribution in [0.4, 0.5) is 10.5 Å². The number of benzene rings is 1. The summed E-state index contributed by atoms with van der Waals surface area (Å²) in [6.07, 6.45) is 3.76. The van der Waals surface area contributed by atoms with Gasteiger partial charge in [0.2, 0.25) is 0 Å². The van der Waals surface area contributed by atoms with Crippen molar-refractivity contribution < 1.29 is 4.79 Å². The number of nitrogens with zero attached hydrogens (tertiary/aromatic N) is 1. The van der Waals surface area contributed by atoms with E-state index in [4.69, 9.17) is 5.26 Å². The minimum atomic E-state index is -0.150. The Bertz CT molecular complexity index is 429. The van der Waals surface area contributed by atoms with Crippen LogP contribution in [0, 0.1) is 11.3 Å². The van der Waals surface area contributed by atoms with Crippen LogP contribution in [-0.4, -0.2) is 12.1 Å². The Morgan fingerprint density at radius 3 is 2.59 bits per heavy atom. The molecular formula is C13H15N3O. The molecule has 2 amide bonds. The Labute approximate surface area is 101 Å².